The number of phenols is 2. The highest BCUT2D eigenvalue weighted by Crippen LogP contribution is 2.47. The molecule has 14 heteroatoms. The summed E-state index contributed by atoms with van der Waals surface area (Å²) in [5.74, 6) is -5.88. The Hall–Kier alpha value is -3.20. The van der Waals surface area contributed by atoms with E-state index >= 15 is 0 Å². The molecule has 0 heterocycles. The second-order valence-electron chi connectivity index (χ2n) is 5.70. The molecule has 0 saturated heterocycles. The Bertz CT molecular complexity index is 1330. The lowest BCUT2D eigenvalue weighted by molar-refractivity contribution is 0.0973. The molecule has 0 amide bonds. The van der Waals surface area contributed by atoms with Gasteiger partial charge in [-0.15, -0.1) is 0 Å². The zero-order chi connectivity index (χ0) is 21.3. The third-order valence-corrected chi connectivity index (χ3v) is 6.05. The van der Waals surface area contributed by atoms with E-state index in [1.54, 1.807) is 0 Å². The fourth-order valence-corrected chi connectivity index (χ4v) is 5.02. The van der Waals surface area contributed by atoms with Crippen molar-refractivity contribution < 1.29 is 45.7 Å². The molecule has 28 heavy (non-hydrogen) atoms. The Balaban J connectivity index is 2.65. The van der Waals surface area contributed by atoms with Crippen LogP contribution in [-0.2, 0) is 20.2 Å². The number of phenolic OH excluding ortho intramolecular Hbond substituents is 2. The monoisotopic (exact) mass is 430 g/mol. The maximum absolute atomic E-state index is 12.8. The average molecular weight is 430 g/mol. The van der Waals surface area contributed by atoms with Gasteiger partial charge >= 0.3 is 0 Å². The number of anilines is 2. The molecule has 8 N–H and O–H groups in total. The largest absolute Gasteiger partial charge is 0.504 e. The van der Waals surface area contributed by atoms with Crippen LogP contribution < -0.4 is 11.5 Å². The van der Waals surface area contributed by atoms with Crippen molar-refractivity contribution in [3.8, 4) is 11.5 Å². The first kappa shape index (κ1) is 19.6. The van der Waals surface area contributed by atoms with Gasteiger partial charge in [-0.05, 0) is 12.1 Å². The maximum Gasteiger partial charge on any atom is 0.299 e. The van der Waals surface area contributed by atoms with Gasteiger partial charge in [0, 0.05) is 5.56 Å². The Kier molecular flexibility index (Phi) is 3.95. The SMILES string of the molecule is Nc1ccc2c(c1N)C(=O)c1c(O)c(O)c(S(=O)(=O)O)c(S(=O)(=O)O)c1C2=O. The molecule has 3 rings (SSSR count). The molecule has 0 spiro atoms. The molecule has 0 aromatic heterocycles. The van der Waals surface area contributed by atoms with Gasteiger partial charge in [0.15, 0.2) is 22.2 Å². The molecule has 148 valence electrons. The first-order valence-corrected chi connectivity index (χ1v) is 9.91. The summed E-state index contributed by atoms with van der Waals surface area (Å²) in [7, 11) is -11.2. The number of benzene rings is 2. The van der Waals surface area contributed by atoms with Crippen molar-refractivity contribution in [2.75, 3.05) is 11.5 Å². The van der Waals surface area contributed by atoms with E-state index < -0.39 is 75.3 Å². The number of nitrogen functional groups attached to an aromatic ring is 2. The Morgan fingerprint density at radius 1 is 0.714 bits per heavy atom. The molecule has 0 radical (unpaired) electrons. The van der Waals surface area contributed by atoms with Gasteiger partial charge in [0.25, 0.3) is 20.2 Å². The first-order chi connectivity index (χ1) is 12.7. The van der Waals surface area contributed by atoms with Crippen LogP contribution in [-0.4, -0.2) is 47.7 Å². The minimum atomic E-state index is -5.61. The van der Waals surface area contributed by atoms with Crippen LogP contribution >= 0.6 is 0 Å². The van der Waals surface area contributed by atoms with Crippen molar-refractivity contribution in [1.82, 2.24) is 0 Å². The van der Waals surface area contributed by atoms with E-state index in [1.165, 1.54) is 0 Å². The zero-order valence-corrected chi connectivity index (χ0v) is 15.0. The van der Waals surface area contributed by atoms with Crippen molar-refractivity contribution >= 4 is 43.2 Å². The number of rotatable bonds is 2. The van der Waals surface area contributed by atoms with Gasteiger partial charge in [0.1, 0.15) is 4.90 Å². The summed E-state index contributed by atoms with van der Waals surface area (Å²) in [6.07, 6.45) is 0. The predicted molar refractivity (Wildman–Crippen MR) is 91.5 cm³/mol. The molecular weight excluding hydrogens is 420 g/mol. The molecule has 2 aromatic carbocycles. The molecule has 2 aromatic rings. The number of hydrogen-bond acceptors (Lipinski definition) is 10. The number of carbonyl (C=O) groups is 2. The number of aromatic hydroxyl groups is 2. The topological polar surface area (TPSA) is 235 Å². The maximum atomic E-state index is 12.8. The Morgan fingerprint density at radius 3 is 1.75 bits per heavy atom. The van der Waals surface area contributed by atoms with Gasteiger partial charge < -0.3 is 21.7 Å². The number of nitrogens with two attached hydrogens (primary N) is 2. The molecule has 0 fully saturated rings. The van der Waals surface area contributed by atoms with E-state index in [0.717, 1.165) is 12.1 Å². The summed E-state index contributed by atoms with van der Waals surface area (Å²) in [4.78, 5) is 22.0. The average Bonchev–Trinajstić information content (AvgIpc) is 2.54. The van der Waals surface area contributed by atoms with E-state index in [-0.39, 0.29) is 11.4 Å². The molecule has 1 aliphatic rings. The molecule has 1 aliphatic carbocycles. The summed E-state index contributed by atoms with van der Waals surface area (Å²) in [5.41, 5.74) is 7.33. The predicted octanol–water partition coefficient (Wildman–Crippen LogP) is -0.469. The number of ketones is 2. The Morgan fingerprint density at radius 2 is 1.25 bits per heavy atom. The van der Waals surface area contributed by atoms with Crippen LogP contribution in [0.5, 0.6) is 11.5 Å². The van der Waals surface area contributed by atoms with Gasteiger partial charge in [-0.1, -0.05) is 0 Å². The van der Waals surface area contributed by atoms with E-state index in [9.17, 15) is 45.7 Å². The van der Waals surface area contributed by atoms with Crippen molar-refractivity contribution in [3.63, 3.8) is 0 Å². The number of fused-ring (bicyclic) bond motifs is 2. The highest BCUT2D eigenvalue weighted by Gasteiger charge is 2.44. The highest BCUT2D eigenvalue weighted by atomic mass is 32.2. The lowest BCUT2D eigenvalue weighted by atomic mass is 9.82. The summed E-state index contributed by atoms with van der Waals surface area (Å²) >= 11 is 0. The minimum Gasteiger partial charge on any atom is -0.504 e. The number of carbonyl (C=O) groups excluding carboxylic acids is 2. The smallest absolute Gasteiger partial charge is 0.299 e. The highest BCUT2D eigenvalue weighted by molar-refractivity contribution is 7.89. The molecule has 0 atom stereocenters. The van der Waals surface area contributed by atoms with Gasteiger partial charge in [0.05, 0.1) is 28.1 Å². The Labute approximate surface area is 156 Å². The van der Waals surface area contributed by atoms with Crippen LogP contribution in [0, 0.1) is 0 Å². The van der Waals surface area contributed by atoms with Crippen LogP contribution in [0.3, 0.4) is 0 Å². The molecule has 0 saturated carbocycles. The third kappa shape index (κ3) is 2.50. The molecule has 12 nitrogen and oxygen atoms in total. The summed E-state index contributed by atoms with van der Waals surface area (Å²) in [6.45, 7) is 0. The molecule has 0 unspecified atom stereocenters. The van der Waals surface area contributed by atoms with Crippen LogP contribution in [0.4, 0.5) is 11.4 Å². The lowest BCUT2D eigenvalue weighted by Gasteiger charge is -2.23. The summed E-state index contributed by atoms with van der Waals surface area (Å²) < 4.78 is 65.4. The second-order valence-corrected chi connectivity index (χ2v) is 8.42. The van der Waals surface area contributed by atoms with Gasteiger partial charge in [0.2, 0.25) is 5.78 Å². The fourth-order valence-electron chi connectivity index (χ4n) is 2.93. The van der Waals surface area contributed by atoms with Gasteiger partial charge in [-0.2, -0.15) is 16.8 Å². The molecular formula is C14H10N2O10S2. The fraction of sp³-hybridized carbons (Fsp3) is 0. The van der Waals surface area contributed by atoms with Crippen molar-refractivity contribution in [2.45, 2.75) is 9.79 Å². The van der Waals surface area contributed by atoms with Crippen LogP contribution in [0.2, 0.25) is 0 Å². The van der Waals surface area contributed by atoms with Crippen molar-refractivity contribution in [1.29, 1.82) is 0 Å². The second kappa shape index (κ2) is 5.65. The molecule has 0 aliphatic heterocycles. The van der Waals surface area contributed by atoms with Crippen molar-refractivity contribution in [3.05, 3.63) is 34.4 Å². The van der Waals surface area contributed by atoms with Gasteiger partial charge in [-0.3, -0.25) is 18.7 Å². The zero-order valence-electron chi connectivity index (χ0n) is 13.4. The molecule has 0 bridgehead atoms. The lowest BCUT2D eigenvalue weighted by Crippen LogP contribution is -2.27. The van der Waals surface area contributed by atoms with Gasteiger partial charge in [-0.25, -0.2) is 0 Å². The van der Waals surface area contributed by atoms with Crippen molar-refractivity contribution in [2.24, 2.45) is 0 Å². The summed E-state index contributed by atoms with van der Waals surface area (Å²) in [5, 5.41) is 20.0. The minimum absolute atomic E-state index is 0.128. The summed E-state index contributed by atoms with van der Waals surface area (Å²) in [6, 6.07) is 2.11. The van der Waals surface area contributed by atoms with E-state index in [4.69, 9.17) is 11.5 Å². The normalized spacial score (nSPS) is 13.9. The third-order valence-electron chi connectivity index (χ3n) is 4.08. The van der Waals surface area contributed by atoms with E-state index in [1.807, 2.05) is 0 Å². The first-order valence-electron chi connectivity index (χ1n) is 7.03. The quantitative estimate of drug-likeness (QED) is 0.172. The van der Waals surface area contributed by atoms with E-state index in [2.05, 4.69) is 0 Å². The van der Waals surface area contributed by atoms with Crippen LogP contribution in [0.1, 0.15) is 31.8 Å². The van der Waals surface area contributed by atoms with Crippen LogP contribution in [0.25, 0.3) is 0 Å². The van der Waals surface area contributed by atoms with E-state index in [0.29, 0.717) is 0 Å². The van der Waals surface area contributed by atoms with Crippen LogP contribution in [0.15, 0.2) is 21.9 Å². The number of hydrogen-bond donors (Lipinski definition) is 6. The standard InChI is InChI=1S/C14H10N2O10S2/c15-4-2-1-3-5(8(4)16)10(18)6-7(9(3)17)13(27(21,22)23)14(28(24,25)26)12(20)11(6)19/h1-2,19-20H,15-16H2,(H,21,22,23)(H,24,25,26).